The van der Waals surface area contributed by atoms with E-state index >= 15 is 0 Å². The van der Waals surface area contributed by atoms with Gasteiger partial charge in [-0.1, -0.05) is 75.4 Å². The molecular formula is C24H34ClNO. The van der Waals surface area contributed by atoms with Crippen molar-refractivity contribution in [3.05, 3.63) is 65.2 Å². The molecule has 1 N–H and O–H groups in total. The van der Waals surface area contributed by atoms with Gasteiger partial charge in [0.25, 0.3) is 0 Å². The molecule has 148 valence electrons. The zero-order chi connectivity index (χ0) is 18.0. The predicted molar refractivity (Wildman–Crippen MR) is 117 cm³/mol. The number of benzene rings is 2. The molecule has 0 spiro atoms. The highest BCUT2D eigenvalue weighted by molar-refractivity contribution is 5.85. The standard InChI is InChI=1S/C24H33NO.ClH/c1-2-3-4-5-6-10-17-26-22-14-13-21-15-16-25-24(23(21)19-22)18-20-11-8-7-9-12-20;/h7-9,11-14,19,24-25H,2-6,10,15-18H2,1H3;1H. The van der Waals surface area contributed by atoms with Crippen LogP contribution in [0.4, 0.5) is 0 Å². The van der Waals surface area contributed by atoms with Gasteiger partial charge in [-0.3, -0.25) is 0 Å². The second kappa shape index (κ2) is 12.0. The Morgan fingerprint density at radius 3 is 2.56 bits per heavy atom. The van der Waals surface area contributed by atoms with Crippen LogP contribution in [0.1, 0.15) is 68.2 Å². The molecule has 1 aliphatic rings. The van der Waals surface area contributed by atoms with Crippen molar-refractivity contribution in [2.24, 2.45) is 0 Å². The summed E-state index contributed by atoms with van der Waals surface area (Å²) in [7, 11) is 0. The molecular weight excluding hydrogens is 354 g/mol. The molecule has 0 radical (unpaired) electrons. The van der Waals surface area contributed by atoms with Crippen LogP contribution >= 0.6 is 12.4 Å². The topological polar surface area (TPSA) is 21.3 Å². The average molecular weight is 388 g/mol. The maximum Gasteiger partial charge on any atom is 0.119 e. The SMILES string of the molecule is CCCCCCCCOc1ccc2c(c1)C(Cc1ccccc1)NCC2.Cl. The molecule has 1 unspecified atom stereocenters. The molecule has 0 amide bonds. The third kappa shape index (κ3) is 6.86. The molecule has 1 heterocycles. The summed E-state index contributed by atoms with van der Waals surface area (Å²) in [5.74, 6) is 1.03. The fourth-order valence-electron chi connectivity index (χ4n) is 3.81. The Balaban J connectivity index is 0.00000261. The van der Waals surface area contributed by atoms with Crippen molar-refractivity contribution >= 4 is 12.4 Å². The molecule has 0 saturated heterocycles. The highest BCUT2D eigenvalue weighted by Gasteiger charge is 2.20. The van der Waals surface area contributed by atoms with E-state index in [0.717, 1.165) is 38.2 Å². The number of fused-ring (bicyclic) bond motifs is 1. The summed E-state index contributed by atoms with van der Waals surface area (Å²) in [5, 5.41) is 3.69. The molecule has 1 aliphatic heterocycles. The minimum atomic E-state index is 0. The summed E-state index contributed by atoms with van der Waals surface area (Å²) in [5.41, 5.74) is 4.27. The van der Waals surface area contributed by atoms with E-state index in [1.54, 1.807) is 0 Å². The second-order valence-corrected chi connectivity index (χ2v) is 7.42. The van der Waals surface area contributed by atoms with Gasteiger partial charge in [0.1, 0.15) is 5.75 Å². The van der Waals surface area contributed by atoms with Crippen LogP contribution in [0.25, 0.3) is 0 Å². The van der Waals surface area contributed by atoms with E-state index in [2.05, 4.69) is 60.8 Å². The highest BCUT2D eigenvalue weighted by Crippen LogP contribution is 2.29. The van der Waals surface area contributed by atoms with Crippen molar-refractivity contribution in [1.82, 2.24) is 5.32 Å². The monoisotopic (exact) mass is 387 g/mol. The molecule has 1 atom stereocenters. The number of ether oxygens (including phenoxy) is 1. The van der Waals surface area contributed by atoms with Crippen LogP contribution in [0, 0.1) is 0 Å². The molecule has 0 bridgehead atoms. The lowest BCUT2D eigenvalue weighted by molar-refractivity contribution is 0.303. The maximum absolute atomic E-state index is 6.05. The molecule has 0 aromatic heterocycles. The Hall–Kier alpha value is -1.51. The van der Waals surface area contributed by atoms with Crippen molar-refractivity contribution in [3.8, 4) is 5.75 Å². The van der Waals surface area contributed by atoms with Crippen molar-refractivity contribution in [1.29, 1.82) is 0 Å². The molecule has 2 nitrogen and oxygen atoms in total. The quantitative estimate of drug-likeness (QED) is 0.484. The molecule has 2 aromatic carbocycles. The average Bonchev–Trinajstić information content (AvgIpc) is 2.68. The predicted octanol–water partition coefficient (Wildman–Crippen LogP) is 6.28. The Morgan fingerprint density at radius 1 is 0.963 bits per heavy atom. The van der Waals surface area contributed by atoms with E-state index in [4.69, 9.17) is 4.74 Å². The number of unbranched alkanes of at least 4 members (excludes halogenated alkanes) is 5. The Labute approximate surface area is 171 Å². The van der Waals surface area contributed by atoms with E-state index in [9.17, 15) is 0 Å². The minimum Gasteiger partial charge on any atom is -0.494 e. The van der Waals surface area contributed by atoms with E-state index in [1.165, 1.54) is 48.8 Å². The smallest absolute Gasteiger partial charge is 0.119 e. The fraction of sp³-hybridized carbons (Fsp3) is 0.500. The molecule has 2 aromatic rings. The molecule has 0 aliphatic carbocycles. The first-order valence-corrected chi connectivity index (χ1v) is 10.4. The van der Waals surface area contributed by atoms with Crippen LogP contribution in [0.3, 0.4) is 0 Å². The summed E-state index contributed by atoms with van der Waals surface area (Å²) in [6.07, 6.45) is 9.96. The first kappa shape index (κ1) is 21.8. The zero-order valence-electron chi connectivity index (χ0n) is 16.6. The van der Waals surface area contributed by atoms with Crippen LogP contribution in [0.5, 0.6) is 5.75 Å². The number of rotatable bonds is 10. The Morgan fingerprint density at radius 2 is 1.74 bits per heavy atom. The van der Waals surface area contributed by atoms with Crippen molar-refractivity contribution in [2.45, 2.75) is 64.3 Å². The van der Waals surface area contributed by atoms with Crippen LogP contribution < -0.4 is 10.1 Å². The van der Waals surface area contributed by atoms with Crippen LogP contribution in [-0.4, -0.2) is 13.2 Å². The number of nitrogens with one attached hydrogen (secondary N) is 1. The lowest BCUT2D eigenvalue weighted by atomic mass is 9.90. The normalized spacial score (nSPS) is 15.7. The van der Waals surface area contributed by atoms with Gasteiger partial charge in [0.2, 0.25) is 0 Å². The van der Waals surface area contributed by atoms with E-state index in [-0.39, 0.29) is 12.4 Å². The van der Waals surface area contributed by atoms with Crippen LogP contribution in [0.15, 0.2) is 48.5 Å². The van der Waals surface area contributed by atoms with E-state index in [1.807, 2.05) is 0 Å². The van der Waals surface area contributed by atoms with Crippen LogP contribution in [-0.2, 0) is 12.8 Å². The van der Waals surface area contributed by atoms with Gasteiger partial charge < -0.3 is 10.1 Å². The van der Waals surface area contributed by atoms with Gasteiger partial charge >= 0.3 is 0 Å². The van der Waals surface area contributed by atoms with Crippen molar-refractivity contribution in [3.63, 3.8) is 0 Å². The summed E-state index contributed by atoms with van der Waals surface area (Å²) in [6.45, 7) is 4.16. The maximum atomic E-state index is 6.05. The third-order valence-corrected chi connectivity index (χ3v) is 5.33. The third-order valence-electron chi connectivity index (χ3n) is 5.33. The molecule has 3 heteroatoms. The van der Waals surface area contributed by atoms with E-state index in [0.29, 0.717) is 6.04 Å². The van der Waals surface area contributed by atoms with Gasteiger partial charge in [-0.2, -0.15) is 0 Å². The molecule has 27 heavy (non-hydrogen) atoms. The lowest BCUT2D eigenvalue weighted by Gasteiger charge is -2.27. The Kier molecular flexibility index (Phi) is 9.72. The largest absolute Gasteiger partial charge is 0.494 e. The van der Waals surface area contributed by atoms with Gasteiger partial charge in [-0.15, -0.1) is 12.4 Å². The highest BCUT2D eigenvalue weighted by atomic mass is 35.5. The summed E-state index contributed by atoms with van der Waals surface area (Å²) >= 11 is 0. The van der Waals surface area contributed by atoms with Gasteiger partial charge in [0.15, 0.2) is 0 Å². The van der Waals surface area contributed by atoms with Gasteiger partial charge in [0.05, 0.1) is 6.61 Å². The Bertz CT molecular complexity index is 659. The molecule has 3 rings (SSSR count). The fourth-order valence-corrected chi connectivity index (χ4v) is 3.81. The number of hydrogen-bond donors (Lipinski definition) is 1. The first-order valence-electron chi connectivity index (χ1n) is 10.4. The summed E-state index contributed by atoms with van der Waals surface area (Å²) in [4.78, 5) is 0. The van der Waals surface area contributed by atoms with Gasteiger partial charge in [0, 0.05) is 6.04 Å². The van der Waals surface area contributed by atoms with Crippen molar-refractivity contribution < 1.29 is 4.74 Å². The zero-order valence-corrected chi connectivity index (χ0v) is 17.4. The van der Waals surface area contributed by atoms with Crippen LogP contribution in [0.2, 0.25) is 0 Å². The summed E-state index contributed by atoms with van der Waals surface area (Å²) < 4.78 is 6.05. The lowest BCUT2D eigenvalue weighted by Crippen LogP contribution is -2.31. The van der Waals surface area contributed by atoms with Crippen molar-refractivity contribution in [2.75, 3.05) is 13.2 Å². The first-order chi connectivity index (χ1) is 12.9. The molecule has 0 saturated carbocycles. The summed E-state index contributed by atoms with van der Waals surface area (Å²) in [6, 6.07) is 17.8. The van der Waals surface area contributed by atoms with E-state index < -0.39 is 0 Å². The van der Waals surface area contributed by atoms with Gasteiger partial charge in [-0.05, 0) is 54.6 Å². The number of halogens is 1. The molecule has 0 fully saturated rings. The van der Waals surface area contributed by atoms with Gasteiger partial charge in [-0.25, -0.2) is 0 Å². The number of hydrogen-bond acceptors (Lipinski definition) is 2. The second-order valence-electron chi connectivity index (χ2n) is 7.42. The minimum absolute atomic E-state index is 0.